The number of rotatable bonds is 4. The molecule has 1 aromatic heterocycles. The van der Waals surface area contributed by atoms with Crippen LogP contribution in [0.3, 0.4) is 0 Å². The van der Waals surface area contributed by atoms with E-state index in [0.29, 0.717) is 16.0 Å². The molecule has 1 rings (SSSR count). The van der Waals surface area contributed by atoms with E-state index in [2.05, 4.69) is 41.9 Å². The quantitative estimate of drug-likeness (QED) is 0.822. The van der Waals surface area contributed by atoms with Gasteiger partial charge in [-0.3, -0.25) is 0 Å². The summed E-state index contributed by atoms with van der Waals surface area (Å²) in [4.78, 5) is 3.93. The van der Waals surface area contributed by atoms with Crippen molar-refractivity contribution in [1.29, 1.82) is 0 Å². The molecule has 0 aliphatic rings. The van der Waals surface area contributed by atoms with Gasteiger partial charge in [-0.05, 0) is 31.9 Å². The number of hydrogen-bond acceptors (Lipinski definition) is 4. The number of nitrogens with zero attached hydrogens (tertiary/aromatic N) is 3. The third-order valence-electron chi connectivity index (χ3n) is 1.65. The zero-order valence-electron chi connectivity index (χ0n) is 7.44. The summed E-state index contributed by atoms with van der Waals surface area (Å²) in [5.41, 5.74) is 0. The second-order valence-electron chi connectivity index (χ2n) is 2.61. The van der Waals surface area contributed by atoms with E-state index in [1.54, 1.807) is 6.92 Å². The second kappa shape index (κ2) is 4.71. The minimum Gasteiger partial charge on any atom is -0.238 e. The molecule has 1 aromatic rings. The first-order chi connectivity index (χ1) is 6.44. The van der Waals surface area contributed by atoms with E-state index in [0.717, 1.165) is 0 Å². The highest BCUT2D eigenvalue weighted by Gasteiger charge is 2.10. The molecule has 0 saturated heterocycles. The Labute approximate surface area is 99.1 Å². The maximum absolute atomic E-state index is 11.2. The van der Waals surface area contributed by atoms with Crippen LogP contribution in [0.2, 0.25) is 0 Å². The van der Waals surface area contributed by atoms with Crippen LogP contribution in [0, 0.1) is 0 Å². The molecule has 0 radical (unpaired) electrons. The van der Waals surface area contributed by atoms with Crippen LogP contribution < -0.4 is 0 Å². The summed E-state index contributed by atoms with van der Waals surface area (Å²) in [5.74, 6) is 0.235. The molecule has 1 heterocycles. The van der Waals surface area contributed by atoms with Crippen LogP contribution in [0.25, 0.3) is 0 Å². The zero-order valence-corrected chi connectivity index (χ0v) is 11.4. The van der Waals surface area contributed by atoms with Crippen LogP contribution in [-0.2, 0) is 16.4 Å². The van der Waals surface area contributed by atoms with Crippen molar-refractivity contribution in [2.24, 2.45) is 0 Å². The molecule has 0 N–H and O–H groups in total. The molecule has 80 valence electrons. The molecule has 14 heavy (non-hydrogen) atoms. The van der Waals surface area contributed by atoms with Crippen molar-refractivity contribution < 1.29 is 8.42 Å². The van der Waals surface area contributed by atoms with Gasteiger partial charge in [-0.1, -0.05) is 6.92 Å². The molecule has 8 heteroatoms. The maximum Gasteiger partial charge on any atom is 0.218 e. The zero-order chi connectivity index (χ0) is 10.8. The van der Waals surface area contributed by atoms with Gasteiger partial charge in [0.25, 0.3) is 0 Å². The highest BCUT2D eigenvalue weighted by molar-refractivity contribution is 9.11. The van der Waals surface area contributed by atoms with Gasteiger partial charge in [-0.15, -0.1) is 5.10 Å². The largest absolute Gasteiger partial charge is 0.238 e. The Hall–Kier alpha value is 0.0500. The highest BCUT2D eigenvalue weighted by Crippen LogP contribution is 2.11. The number of aryl methyl sites for hydroxylation is 1. The molecule has 0 aliphatic heterocycles. The lowest BCUT2D eigenvalue weighted by atomic mass is 10.8. The lowest BCUT2D eigenvalue weighted by Gasteiger charge is -2.01. The van der Waals surface area contributed by atoms with E-state index in [1.165, 1.54) is 4.68 Å². The summed E-state index contributed by atoms with van der Waals surface area (Å²) in [5, 5.41) is 3.96. The Bertz CT molecular complexity index is 415. The Morgan fingerprint density at radius 3 is 2.50 bits per heavy atom. The number of hydrogen-bond donors (Lipinski definition) is 0. The van der Waals surface area contributed by atoms with E-state index >= 15 is 0 Å². The summed E-state index contributed by atoms with van der Waals surface area (Å²) in [6, 6.07) is 0. The van der Waals surface area contributed by atoms with Gasteiger partial charge in [-0.2, -0.15) is 4.98 Å². The van der Waals surface area contributed by atoms with E-state index < -0.39 is 9.84 Å². The molecule has 5 nitrogen and oxygen atoms in total. The van der Waals surface area contributed by atoms with Gasteiger partial charge < -0.3 is 0 Å². The predicted molar refractivity (Wildman–Crippen MR) is 59.7 cm³/mol. The van der Waals surface area contributed by atoms with Crippen LogP contribution >= 0.6 is 31.9 Å². The van der Waals surface area contributed by atoms with Gasteiger partial charge in [0.05, 0.1) is 12.3 Å². The maximum atomic E-state index is 11.2. The van der Waals surface area contributed by atoms with Gasteiger partial charge in [0.1, 0.15) is 0 Å². The lowest BCUT2D eigenvalue weighted by molar-refractivity contribution is 0.578. The number of aromatic nitrogens is 3. The van der Waals surface area contributed by atoms with Crippen molar-refractivity contribution in [3.8, 4) is 0 Å². The first kappa shape index (κ1) is 12.1. The van der Waals surface area contributed by atoms with Crippen molar-refractivity contribution in [2.75, 3.05) is 11.5 Å². The molecule has 0 fully saturated rings. The molecule has 0 amide bonds. The molecule has 0 spiro atoms. The second-order valence-corrected chi connectivity index (χ2v) is 6.50. The van der Waals surface area contributed by atoms with Crippen LogP contribution in [0.4, 0.5) is 0 Å². The summed E-state index contributed by atoms with van der Waals surface area (Å²) in [7, 11) is -2.95. The van der Waals surface area contributed by atoms with Crippen LogP contribution in [0.1, 0.15) is 6.92 Å². The smallest absolute Gasteiger partial charge is 0.218 e. The van der Waals surface area contributed by atoms with Crippen molar-refractivity contribution in [3.63, 3.8) is 0 Å². The first-order valence-electron chi connectivity index (χ1n) is 3.91. The molecule has 0 aromatic carbocycles. The van der Waals surface area contributed by atoms with Crippen LogP contribution in [0.5, 0.6) is 0 Å². The topological polar surface area (TPSA) is 64.8 Å². The average molecular weight is 347 g/mol. The van der Waals surface area contributed by atoms with Crippen LogP contribution in [-0.4, -0.2) is 34.7 Å². The summed E-state index contributed by atoms with van der Waals surface area (Å²) in [6.07, 6.45) is 0. The average Bonchev–Trinajstić information content (AvgIpc) is 2.42. The number of sulfone groups is 1. The third kappa shape index (κ3) is 3.32. The molecule has 0 saturated carbocycles. The third-order valence-corrected chi connectivity index (χ3v) is 4.26. The van der Waals surface area contributed by atoms with Crippen molar-refractivity contribution in [1.82, 2.24) is 14.8 Å². The summed E-state index contributed by atoms with van der Waals surface area (Å²) >= 11 is 6.27. The van der Waals surface area contributed by atoms with Gasteiger partial charge in [0.15, 0.2) is 14.6 Å². The van der Waals surface area contributed by atoms with Gasteiger partial charge in [0, 0.05) is 5.75 Å². The molecular formula is C6H9Br2N3O2S. The number of halogens is 2. The van der Waals surface area contributed by atoms with Crippen molar-refractivity contribution >= 4 is 41.7 Å². The molecule has 0 atom stereocenters. The molecule has 0 aliphatic carbocycles. The Balaban J connectivity index is 2.67. The normalized spacial score (nSPS) is 11.9. The Morgan fingerprint density at radius 1 is 1.43 bits per heavy atom. The molecule has 0 unspecified atom stereocenters. The van der Waals surface area contributed by atoms with E-state index in [9.17, 15) is 8.42 Å². The fourth-order valence-corrected chi connectivity index (χ4v) is 2.57. The fourth-order valence-electron chi connectivity index (χ4n) is 0.809. The molecular weight excluding hydrogens is 338 g/mol. The van der Waals surface area contributed by atoms with E-state index in [-0.39, 0.29) is 11.5 Å². The minimum absolute atomic E-state index is 0.0812. The lowest BCUT2D eigenvalue weighted by Crippen LogP contribution is -2.15. The Morgan fingerprint density at radius 2 is 2.07 bits per heavy atom. The minimum atomic E-state index is -2.95. The highest BCUT2D eigenvalue weighted by atomic mass is 79.9. The summed E-state index contributed by atoms with van der Waals surface area (Å²) < 4.78 is 24.9. The van der Waals surface area contributed by atoms with Crippen molar-refractivity contribution in [2.45, 2.75) is 13.5 Å². The van der Waals surface area contributed by atoms with Gasteiger partial charge >= 0.3 is 0 Å². The Kier molecular flexibility index (Phi) is 4.08. The van der Waals surface area contributed by atoms with Gasteiger partial charge in [0.2, 0.25) is 4.73 Å². The molecule has 0 bridgehead atoms. The SMILES string of the molecule is CCS(=O)(=O)CCn1nc(Br)nc1Br. The first-order valence-corrected chi connectivity index (χ1v) is 7.31. The van der Waals surface area contributed by atoms with Crippen molar-refractivity contribution in [3.05, 3.63) is 9.47 Å². The standard InChI is InChI=1S/C6H9Br2N3O2S/c1-2-14(12,13)4-3-11-6(8)9-5(7)10-11/h2-4H2,1H3. The monoisotopic (exact) mass is 345 g/mol. The van der Waals surface area contributed by atoms with Crippen LogP contribution in [0.15, 0.2) is 9.47 Å². The fraction of sp³-hybridized carbons (Fsp3) is 0.667. The van der Waals surface area contributed by atoms with E-state index in [1.807, 2.05) is 0 Å². The summed E-state index contributed by atoms with van der Waals surface area (Å²) in [6.45, 7) is 1.94. The van der Waals surface area contributed by atoms with E-state index in [4.69, 9.17) is 0 Å². The van der Waals surface area contributed by atoms with Gasteiger partial charge in [-0.25, -0.2) is 13.1 Å². The predicted octanol–water partition coefficient (Wildman–Crippen LogP) is 1.24.